The fourth-order valence-corrected chi connectivity index (χ4v) is 4.29. The summed E-state index contributed by atoms with van der Waals surface area (Å²) in [5.74, 6) is -0.188. The molecule has 2 aliphatic rings. The van der Waals surface area contributed by atoms with Gasteiger partial charge in [-0.05, 0) is 62.6 Å². The molecule has 3 rings (SSSR count). The SMILES string of the molecule is CC(=O)N1CCC(N2CCCC(CCc3ccc(F)cc3F)C2)CC1. The van der Waals surface area contributed by atoms with Gasteiger partial charge in [-0.1, -0.05) is 6.07 Å². The number of benzene rings is 1. The van der Waals surface area contributed by atoms with Crippen molar-refractivity contribution in [2.75, 3.05) is 26.2 Å². The highest BCUT2D eigenvalue weighted by atomic mass is 19.1. The largest absolute Gasteiger partial charge is 0.343 e. The highest BCUT2D eigenvalue weighted by Crippen LogP contribution is 2.27. The topological polar surface area (TPSA) is 23.6 Å². The highest BCUT2D eigenvalue weighted by molar-refractivity contribution is 5.73. The predicted octanol–water partition coefficient (Wildman–Crippen LogP) is 3.62. The fourth-order valence-electron chi connectivity index (χ4n) is 4.29. The number of amides is 1. The maximum Gasteiger partial charge on any atom is 0.219 e. The van der Waals surface area contributed by atoms with E-state index in [0.717, 1.165) is 51.5 Å². The zero-order valence-electron chi connectivity index (χ0n) is 15.0. The van der Waals surface area contributed by atoms with Crippen LogP contribution in [0.4, 0.5) is 8.78 Å². The number of nitrogens with zero attached hydrogens (tertiary/aromatic N) is 2. The number of hydrogen-bond acceptors (Lipinski definition) is 2. The molecule has 2 fully saturated rings. The molecule has 1 atom stereocenters. The second kappa shape index (κ2) is 8.26. The van der Waals surface area contributed by atoms with Crippen LogP contribution in [0.2, 0.25) is 0 Å². The number of likely N-dealkylation sites (tertiary alicyclic amines) is 2. The van der Waals surface area contributed by atoms with Gasteiger partial charge in [0.05, 0.1) is 0 Å². The summed E-state index contributed by atoms with van der Waals surface area (Å²) in [5.41, 5.74) is 0.619. The standard InChI is InChI=1S/C20H28F2N2O/c1-15(25)23-11-8-19(9-12-23)24-10-2-3-16(14-24)4-5-17-6-7-18(21)13-20(17)22/h6-7,13,16,19H,2-5,8-12,14H2,1H3. The lowest BCUT2D eigenvalue weighted by Crippen LogP contribution is -2.49. The van der Waals surface area contributed by atoms with Crippen LogP contribution in [-0.4, -0.2) is 47.9 Å². The van der Waals surface area contributed by atoms with Crippen LogP contribution in [0, 0.1) is 17.6 Å². The van der Waals surface area contributed by atoms with Crippen LogP contribution in [0.15, 0.2) is 18.2 Å². The van der Waals surface area contributed by atoms with Crippen LogP contribution in [0.3, 0.4) is 0 Å². The second-order valence-electron chi connectivity index (χ2n) is 7.51. The number of aryl methyl sites for hydroxylation is 1. The molecule has 0 N–H and O–H groups in total. The van der Waals surface area contributed by atoms with Crippen molar-refractivity contribution in [1.82, 2.24) is 9.80 Å². The van der Waals surface area contributed by atoms with E-state index in [1.807, 2.05) is 4.90 Å². The normalized spacial score (nSPS) is 23.0. The van der Waals surface area contributed by atoms with Gasteiger partial charge < -0.3 is 4.90 Å². The lowest BCUT2D eigenvalue weighted by molar-refractivity contribution is -0.130. The highest BCUT2D eigenvalue weighted by Gasteiger charge is 2.29. The third-order valence-electron chi connectivity index (χ3n) is 5.81. The Balaban J connectivity index is 1.49. The summed E-state index contributed by atoms with van der Waals surface area (Å²) in [4.78, 5) is 16.0. The third-order valence-corrected chi connectivity index (χ3v) is 5.81. The Hall–Kier alpha value is -1.49. The van der Waals surface area contributed by atoms with Crippen LogP contribution < -0.4 is 0 Å². The number of carbonyl (C=O) groups excluding carboxylic acids is 1. The number of hydrogen-bond donors (Lipinski definition) is 0. The molecule has 2 aliphatic heterocycles. The number of rotatable bonds is 4. The Bertz CT molecular complexity index is 599. The van der Waals surface area contributed by atoms with Gasteiger partial charge in [0.15, 0.2) is 0 Å². The Morgan fingerprint density at radius 3 is 2.60 bits per heavy atom. The molecular weight excluding hydrogens is 322 g/mol. The van der Waals surface area contributed by atoms with Gasteiger partial charge in [-0.3, -0.25) is 9.69 Å². The van der Waals surface area contributed by atoms with Crippen molar-refractivity contribution in [3.8, 4) is 0 Å². The molecule has 1 amide bonds. The van der Waals surface area contributed by atoms with E-state index in [1.165, 1.54) is 18.9 Å². The van der Waals surface area contributed by atoms with Gasteiger partial charge in [0.1, 0.15) is 11.6 Å². The molecule has 1 unspecified atom stereocenters. The predicted molar refractivity (Wildman–Crippen MR) is 94.3 cm³/mol. The molecule has 1 aromatic rings. The first-order valence-corrected chi connectivity index (χ1v) is 9.46. The molecule has 0 aliphatic carbocycles. The summed E-state index contributed by atoms with van der Waals surface area (Å²) < 4.78 is 26.8. The van der Waals surface area contributed by atoms with Crippen molar-refractivity contribution in [3.05, 3.63) is 35.4 Å². The molecule has 2 saturated heterocycles. The lowest BCUT2D eigenvalue weighted by atomic mass is 9.89. The Kier molecular flexibility index (Phi) is 6.05. The van der Waals surface area contributed by atoms with Crippen molar-refractivity contribution >= 4 is 5.91 Å². The molecule has 2 heterocycles. The van der Waals surface area contributed by atoms with Crippen molar-refractivity contribution < 1.29 is 13.6 Å². The molecule has 25 heavy (non-hydrogen) atoms. The second-order valence-corrected chi connectivity index (χ2v) is 7.51. The minimum atomic E-state index is -0.512. The summed E-state index contributed by atoms with van der Waals surface area (Å²) in [6.45, 7) is 5.56. The Morgan fingerprint density at radius 2 is 1.92 bits per heavy atom. The van der Waals surface area contributed by atoms with E-state index in [2.05, 4.69) is 4.90 Å². The monoisotopic (exact) mass is 350 g/mol. The van der Waals surface area contributed by atoms with E-state index >= 15 is 0 Å². The average molecular weight is 350 g/mol. The first-order chi connectivity index (χ1) is 12.0. The van der Waals surface area contributed by atoms with Crippen LogP contribution in [0.25, 0.3) is 0 Å². The summed E-state index contributed by atoms with van der Waals surface area (Å²) in [5, 5.41) is 0. The van der Waals surface area contributed by atoms with E-state index in [0.29, 0.717) is 23.9 Å². The van der Waals surface area contributed by atoms with E-state index in [-0.39, 0.29) is 5.91 Å². The van der Waals surface area contributed by atoms with Crippen molar-refractivity contribution in [3.63, 3.8) is 0 Å². The van der Waals surface area contributed by atoms with E-state index in [1.54, 1.807) is 13.0 Å². The van der Waals surface area contributed by atoms with E-state index < -0.39 is 11.6 Å². The van der Waals surface area contributed by atoms with Gasteiger partial charge in [-0.2, -0.15) is 0 Å². The number of piperidine rings is 2. The van der Waals surface area contributed by atoms with E-state index in [9.17, 15) is 13.6 Å². The molecular formula is C20H28F2N2O. The van der Waals surface area contributed by atoms with Crippen LogP contribution in [0.5, 0.6) is 0 Å². The molecule has 1 aromatic carbocycles. The summed E-state index contributed by atoms with van der Waals surface area (Å²) in [6.07, 6.45) is 6.10. The van der Waals surface area contributed by atoms with Crippen LogP contribution in [-0.2, 0) is 11.2 Å². The summed E-state index contributed by atoms with van der Waals surface area (Å²) >= 11 is 0. The van der Waals surface area contributed by atoms with Crippen molar-refractivity contribution in [2.24, 2.45) is 5.92 Å². The van der Waals surface area contributed by atoms with Gasteiger partial charge in [-0.15, -0.1) is 0 Å². The maximum atomic E-state index is 13.8. The fraction of sp³-hybridized carbons (Fsp3) is 0.650. The van der Waals surface area contributed by atoms with E-state index in [4.69, 9.17) is 0 Å². The maximum absolute atomic E-state index is 13.8. The molecule has 138 valence electrons. The minimum Gasteiger partial charge on any atom is -0.343 e. The quantitative estimate of drug-likeness (QED) is 0.828. The van der Waals surface area contributed by atoms with Gasteiger partial charge in [0.2, 0.25) is 5.91 Å². The Labute approximate surface area is 149 Å². The van der Waals surface area contributed by atoms with Gasteiger partial charge in [0.25, 0.3) is 0 Å². The minimum absolute atomic E-state index is 0.177. The molecule has 0 radical (unpaired) electrons. The van der Waals surface area contributed by atoms with Crippen molar-refractivity contribution in [2.45, 2.75) is 51.5 Å². The van der Waals surface area contributed by atoms with Crippen LogP contribution >= 0.6 is 0 Å². The third kappa shape index (κ3) is 4.78. The average Bonchev–Trinajstić information content (AvgIpc) is 2.61. The molecule has 0 saturated carbocycles. The molecule has 3 nitrogen and oxygen atoms in total. The summed E-state index contributed by atoms with van der Waals surface area (Å²) in [6, 6.07) is 4.46. The smallest absolute Gasteiger partial charge is 0.219 e. The molecule has 0 aromatic heterocycles. The van der Waals surface area contributed by atoms with Gasteiger partial charge in [0, 0.05) is 38.7 Å². The Morgan fingerprint density at radius 1 is 1.16 bits per heavy atom. The molecule has 5 heteroatoms. The first-order valence-electron chi connectivity index (χ1n) is 9.46. The summed E-state index contributed by atoms with van der Waals surface area (Å²) in [7, 11) is 0. The lowest BCUT2D eigenvalue weighted by Gasteiger charge is -2.42. The van der Waals surface area contributed by atoms with Crippen molar-refractivity contribution in [1.29, 1.82) is 0 Å². The molecule has 0 bridgehead atoms. The first kappa shape index (κ1) is 18.3. The zero-order chi connectivity index (χ0) is 17.8. The van der Waals surface area contributed by atoms with Gasteiger partial charge in [-0.25, -0.2) is 8.78 Å². The van der Waals surface area contributed by atoms with Crippen LogP contribution in [0.1, 0.15) is 44.6 Å². The van der Waals surface area contributed by atoms with Gasteiger partial charge >= 0.3 is 0 Å². The number of halogens is 2. The number of carbonyl (C=O) groups is 1. The molecule has 0 spiro atoms. The zero-order valence-corrected chi connectivity index (χ0v) is 15.0.